The second kappa shape index (κ2) is 10.2. The van der Waals surface area contributed by atoms with Gasteiger partial charge < -0.3 is 10.6 Å². The number of amides is 1. The van der Waals surface area contributed by atoms with Crippen LogP contribution in [0.3, 0.4) is 0 Å². The Morgan fingerprint density at radius 1 is 0.857 bits per heavy atom. The first-order chi connectivity index (χ1) is 13.7. The van der Waals surface area contributed by atoms with Crippen LogP contribution >= 0.6 is 0 Å². The van der Waals surface area contributed by atoms with Gasteiger partial charge in [-0.3, -0.25) is 4.79 Å². The van der Waals surface area contributed by atoms with Crippen molar-refractivity contribution in [2.75, 3.05) is 18.4 Å². The number of nitrogens with one attached hydrogen (secondary N) is 2. The van der Waals surface area contributed by atoms with Crippen molar-refractivity contribution in [1.82, 2.24) is 15.3 Å². The number of nitrogens with zero attached hydrogens (tertiary/aromatic N) is 2. The lowest BCUT2D eigenvalue weighted by Crippen LogP contribution is -2.26. The standard InChI is InChI=1S/C22H23FN4O/c23-19-10-8-18(9-11-19)12-14-25-22(28)20-15-27-21(16-26-20)24-13-4-7-17-5-2-1-3-6-17/h1-3,5-6,8-11,15-16H,4,7,12-14H2,(H,24,27)(H,25,28). The summed E-state index contributed by atoms with van der Waals surface area (Å²) >= 11 is 0. The number of benzene rings is 2. The third kappa shape index (κ3) is 6.16. The SMILES string of the molecule is O=C(NCCc1ccc(F)cc1)c1cnc(NCCCc2ccccc2)cn1. The van der Waals surface area contributed by atoms with E-state index in [0.717, 1.165) is 24.9 Å². The smallest absolute Gasteiger partial charge is 0.271 e. The summed E-state index contributed by atoms with van der Waals surface area (Å²) in [7, 11) is 0. The van der Waals surface area contributed by atoms with Gasteiger partial charge in [-0.25, -0.2) is 14.4 Å². The highest BCUT2D eigenvalue weighted by atomic mass is 19.1. The van der Waals surface area contributed by atoms with Gasteiger partial charge in [0.15, 0.2) is 0 Å². The summed E-state index contributed by atoms with van der Waals surface area (Å²) in [4.78, 5) is 20.5. The molecular weight excluding hydrogens is 355 g/mol. The van der Waals surface area contributed by atoms with E-state index in [0.29, 0.717) is 18.8 Å². The quantitative estimate of drug-likeness (QED) is 0.558. The minimum absolute atomic E-state index is 0.267. The maximum atomic E-state index is 12.9. The summed E-state index contributed by atoms with van der Waals surface area (Å²) in [5.41, 5.74) is 2.54. The van der Waals surface area contributed by atoms with Crippen LogP contribution in [0.5, 0.6) is 0 Å². The van der Waals surface area contributed by atoms with Crippen molar-refractivity contribution in [2.24, 2.45) is 0 Å². The highest BCUT2D eigenvalue weighted by Crippen LogP contribution is 2.06. The molecule has 0 aliphatic heterocycles. The van der Waals surface area contributed by atoms with E-state index in [2.05, 4.69) is 32.7 Å². The molecule has 0 aliphatic rings. The molecule has 0 saturated heterocycles. The van der Waals surface area contributed by atoms with Gasteiger partial charge in [0, 0.05) is 13.1 Å². The predicted molar refractivity (Wildman–Crippen MR) is 108 cm³/mol. The largest absolute Gasteiger partial charge is 0.369 e. The maximum Gasteiger partial charge on any atom is 0.271 e. The molecule has 1 heterocycles. The molecule has 144 valence electrons. The van der Waals surface area contributed by atoms with E-state index in [1.54, 1.807) is 18.3 Å². The van der Waals surface area contributed by atoms with Gasteiger partial charge in [0.2, 0.25) is 0 Å². The minimum atomic E-state index is -0.273. The molecule has 2 N–H and O–H groups in total. The van der Waals surface area contributed by atoms with E-state index < -0.39 is 0 Å². The number of rotatable bonds is 9. The monoisotopic (exact) mass is 378 g/mol. The van der Waals surface area contributed by atoms with Crippen LogP contribution < -0.4 is 10.6 Å². The molecule has 1 aromatic heterocycles. The molecule has 0 unspecified atom stereocenters. The van der Waals surface area contributed by atoms with Crippen LogP contribution in [0.2, 0.25) is 0 Å². The van der Waals surface area contributed by atoms with E-state index in [-0.39, 0.29) is 17.4 Å². The number of hydrogen-bond acceptors (Lipinski definition) is 4. The van der Waals surface area contributed by atoms with Crippen LogP contribution in [0.25, 0.3) is 0 Å². The Morgan fingerprint density at radius 2 is 1.61 bits per heavy atom. The van der Waals surface area contributed by atoms with Gasteiger partial charge in [0.05, 0.1) is 12.4 Å². The van der Waals surface area contributed by atoms with Crippen LogP contribution in [0, 0.1) is 5.82 Å². The summed E-state index contributed by atoms with van der Waals surface area (Å²) < 4.78 is 12.9. The van der Waals surface area contributed by atoms with E-state index in [9.17, 15) is 9.18 Å². The van der Waals surface area contributed by atoms with E-state index in [4.69, 9.17) is 0 Å². The molecule has 0 radical (unpaired) electrons. The second-order valence-electron chi connectivity index (χ2n) is 6.44. The summed E-state index contributed by atoms with van der Waals surface area (Å²) in [5, 5.41) is 6.01. The molecule has 0 fully saturated rings. The van der Waals surface area contributed by atoms with Crippen LogP contribution in [-0.4, -0.2) is 29.0 Å². The Kier molecular flexibility index (Phi) is 7.07. The van der Waals surface area contributed by atoms with Crippen LogP contribution in [0.4, 0.5) is 10.2 Å². The molecule has 28 heavy (non-hydrogen) atoms. The lowest BCUT2D eigenvalue weighted by molar-refractivity contribution is 0.0949. The number of hydrogen-bond donors (Lipinski definition) is 2. The number of carbonyl (C=O) groups is 1. The van der Waals surface area contributed by atoms with Crippen LogP contribution in [-0.2, 0) is 12.8 Å². The number of anilines is 1. The molecule has 3 aromatic rings. The Labute approximate surface area is 164 Å². The van der Waals surface area contributed by atoms with Crippen LogP contribution in [0.15, 0.2) is 67.0 Å². The van der Waals surface area contributed by atoms with Crippen molar-refractivity contribution in [3.05, 3.63) is 89.6 Å². The Balaban J connectivity index is 1.38. The summed E-state index contributed by atoms with van der Waals surface area (Å²) in [6.07, 6.45) is 5.64. The maximum absolute atomic E-state index is 12.9. The first-order valence-electron chi connectivity index (χ1n) is 9.33. The zero-order valence-electron chi connectivity index (χ0n) is 15.6. The van der Waals surface area contributed by atoms with Crippen molar-refractivity contribution in [2.45, 2.75) is 19.3 Å². The van der Waals surface area contributed by atoms with Crippen molar-refractivity contribution in [1.29, 1.82) is 0 Å². The molecular formula is C22H23FN4O. The van der Waals surface area contributed by atoms with Gasteiger partial charge in [-0.05, 0) is 42.5 Å². The zero-order chi connectivity index (χ0) is 19.6. The Morgan fingerprint density at radius 3 is 2.32 bits per heavy atom. The third-order valence-corrected chi connectivity index (χ3v) is 4.29. The average Bonchev–Trinajstić information content (AvgIpc) is 2.74. The van der Waals surface area contributed by atoms with Crippen LogP contribution in [0.1, 0.15) is 28.0 Å². The van der Waals surface area contributed by atoms with Gasteiger partial charge in [-0.1, -0.05) is 42.5 Å². The molecule has 1 amide bonds. The van der Waals surface area contributed by atoms with Gasteiger partial charge >= 0.3 is 0 Å². The predicted octanol–water partition coefficient (Wildman–Crippen LogP) is 3.63. The van der Waals surface area contributed by atoms with Gasteiger partial charge in [0.25, 0.3) is 5.91 Å². The highest BCUT2D eigenvalue weighted by molar-refractivity contribution is 5.91. The molecule has 2 aromatic carbocycles. The molecule has 6 heteroatoms. The lowest BCUT2D eigenvalue weighted by Gasteiger charge is -2.07. The number of halogens is 1. The van der Waals surface area contributed by atoms with Gasteiger partial charge in [-0.2, -0.15) is 0 Å². The summed E-state index contributed by atoms with van der Waals surface area (Å²) in [6, 6.07) is 16.6. The number of aromatic nitrogens is 2. The van der Waals surface area contributed by atoms with Crippen molar-refractivity contribution < 1.29 is 9.18 Å². The fourth-order valence-electron chi connectivity index (χ4n) is 2.75. The molecule has 0 bridgehead atoms. The topological polar surface area (TPSA) is 66.9 Å². The lowest BCUT2D eigenvalue weighted by atomic mass is 10.1. The number of carbonyl (C=O) groups excluding carboxylic acids is 1. The van der Waals surface area contributed by atoms with E-state index >= 15 is 0 Å². The minimum Gasteiger partial charge on any atom is -0.369 e. The molecule has 5 nitrogen and oxygen atoms in total. The van der Waals surface area contributed by atoms with Gasteiger partial charge in [0.1, 0.15) is 17.3 Å². The first kappa shape index (κ1) is 19.5. The zero-order valence-corrected chi connectivity index (χ0v) is 15.6. The fourth-order valence-corrected chi connectivity index (χ4v) is 2.75. The molecule has 0 aliphatic carbocycles. The first-order valence-corrected chi connectivity index (χ1v) is 9.33. The Bertz CT molecular complexity index is 867. The normalized spacial score (nSPS) is 10.5. The van der Waals surface area contributed by atoms with Crippen molar-refractivity contribution >= 4 is 11.7 Å². The van der Waals surface area contributed by atoms with Crippen molar-refractivity contribution in [3.8, 4) is 0 Å². The van der Waals surface area contributed by atoms with E-state index in [1.165, 1.54) is 23.9 Å². The average molecular weight is 378 g/mol. The highest BCUT2D eigenvalue weighted by Gasteiger charge is 2.07. The molecule has 0 spiro atoms. The summed E-state index contributed by atoms with van der Waals surface area (Å²) in [5.74, 6) is 0.109. The molecule has 0 atom stereocenters. The summed E-state index contributed by atoms with van der Waals surface area (Å²) in [6.45, 7) is 1.23. The fraction of sp³-hybridized carbons (Fsp3) is 0.227. The third-order valence-electron chi connectivity index (χ3n) is 4.29. The Hall–Kier alpha value is -3.28. The van der Waals surface area contributed by atoms with Crippen molar-refractivity contribution in [3.63, 3.8) is 0 Å². The van der Waals surface area contributed by atoms with Gasteiger partial charge in [-0.15, -0.1) is 0 Å². The second-order valence-corrected chi connectivity index (χ2v) is 6.44. The molecule has 3 rings (SSSR count). The molecule has 0 saturated carbocycles. The van der Waals surface area contributed by atoms with E-state index in [1.807, 2.05) is 18.2 Å². The number of aryl methyl sites for hydroxylation is 1.